The van der Waals surface area contributed by atoms with Crippen molar-refractivity contribution >= 4 is 34.2 Å². The number of carbonyl (C=O) groups excluding carboxylic acids is 2. The van der Waals surface area contributed by atoms with Crippen LogP contribution < -0.4 is 10.0 Å². The summed E-state index contributed by atoms with van der Waals surface area (Å²) in [6.07, 6.45) is 4.18. The molecule has 0 saturated carbocycles. The Kier molecular flexibility index (Phi) is 7.05. The van der Waals surface area contributed by atoms with Crippen LogP contribution in [0, 0.1) is 11.6 Å². The fourth-order valence-electron chi connectivity index (χ4n) is 4.46. The zero-order chi connectivity index (χ0) is 25.3. The first kappa shape index (κ1) is 25.0. The average molecular weight is 503 g/mol. The first-order valence-electron chi connectivity index (χ1n) is 11.3. The summed E-state index contributed by atoms with van der Waals surface area (Å²) in [4.78, 5) is 28.6. The number of halogens is 2. The number of rotatable bonds is 5. The topological polar surface area (TPSA) is 81.8 Å². The van der Waals surface area contributed by atoms with Gasteiger partial charge in [0.25, 0.3) is 0 Å². The Morgan fingerprint density at radius 1 is 1.06 bits per heavy atom. The summed E-state index contributed by atoms with van der Waals surface area (Å²) in [5, 5.41) is 2.80. The number of nitrogens with one attached hydrogen (secondary N) is 2. The Hall–Kier alpha value is -3.11. The van der Waals surface area contributed by atoms with E-state index in [2.05, 4.69) is 10.0 Å². The van der Waals surface area contributed by atoms with E-state index in [-0.39, 0.29) is 25.0 Å². The standard InChI is InChI=1S/C25H28F2N4O3S/c1-25(2,29-35(3)34)23(32)30-10-8-17(9-11-30)16-4-6-20(7-5-16)28-24(33)31-14-18-12-19(26)13-22(27)21(18)15-31/h4-8,12-13,29H,9-11,14-15H2,1-3H3,(H,28,33). The van der Waals surface area contributed by atoms with Crippen LogP contribution in [-0.2, 0) is 28.9 Å². The van der Waals surface area contributed by atoms with Gasteiger partial charge in [0.15, 0.2) is 0 Å². The number of fused-ring (bicyclic) bond motifs is 1. The van der Waals surface area contributed by atoms with E-state index in [9.17, 15) is 22.6 Å². The number of nitrogens with zero attached hydrogens (tertiary/aromatic N) is 2. The van der Waals surface area contributed by atoms with Gasteiger partial charge in [-0.05, 0) is 55.2 Å². The van der Waals surface area contributed by atoms with E-state index in [0.29, 0.717) is 36.3 Å². The van der Waals surface area contributed by atoms with Crippen LogP contribution in [0.3, 0.4) is 0 Å². The Morgan fingerprint density at radius 3 is 2.40 bits per heavy atom. The highest BCUT2D eigenvalue weighted by Crippen LogP contribution is 2.28. The average Bonchev–Trinajstić information content (AvgIpc) is 3.23. The lowest BCUT2D eigenvalue weighted by atomic mass is 9.97. The molecule has 1 atom stereocenters. The minimum Gasteiger partial charge on any atom is -0.337 e. The zero-order valence-electron chi connectivity index (χ0n) is 19.9. The Labute approximate surface area is 205 Å². The number of benzene rings is 2. The molecule has 3 amide bonds. The molecule has 1 unspecified atom stereocenters. The summed E-state index contributed by atoms with van der Waals surface area (Å²) >= 11 is 0. The summed E-state index contributed by atoms with van der Waals surface area (Å²) in [6, 6.07) is 9.09. The van der Waals surface area contributed by atoms with Gasteiger partial charge in [-0.3, -0.25) is 4.79 Å². The molecule has 2 aliphatic heterocycles. The molecule has 0 spiro atoms. The van der Waals surface area contributed by atoms with Crippen LogP contribution in [-0.4, -0.2) is 50.8 Å². The van der Waals surface area contributed by atoms with Gasteiger partial charge >= 0.3 is 6.03 Å². The molecule has 35 heavy (non-hydrogen) atoms. The molecule has 0 aromatic heterocycles. The lowest BCUT2D eigenvalue weighted by Crippen LogP contribution is -2.55. The highest BCUT2D eigenvalue weighted by atomic mass is 32.2. The van der Waals surface area contributed by atoms with Gasteiger partial charge in [0.1, 0.15) is 17.2 Å². The van der Waals surface area contributed by atoms with E-state index in [1.54, 1.807) is 30.9 Å². The van der Waals surface area contributed by atoms with Crippen molar-refractivity contribution in [3.8, 4) is 0 Å². The molecule has 7 nitrogen and oxygen atoms in total. The molecular weight excluding hydrogens is 474 g/mol. The summed E-state index contributed by atoms with van der Waals surface area (Å²) in [6.45, 7) is 4.69. The molecule has 2 aromatic carbocycles. The number of anilines is 1. The van der Waals surface area contributed by atoms with Crippen molar-refractivity contribution in [1.29, 1.82) is 0 Å². The number of urea groups is 1. The Balaban J connectivity index is 1.35. The molecule has 4 rings (SSSR count). The number of hydrogen-bond donors (Lipinski definition) is 2. The molecule has 0 bridgehead atoms. The van der Waals surface area contributed by atoms with Crippen LogP contribution >= 0.6 is 0 Å². The lowest BCUT2D eigenvalue weighted by molar-refractivity contribution is -0.135. The van der Waals surface area contributed by atoms with E-state index in [1.807, 2.05) is 18.2 Å². The van der Waals surface area contributed by atoms with E-state index >= 15 is 0 Å². The predicted octanol–water partition coefficient (Wildman–Crippen LogP) is 3.79. The normalized spacial score (nSPS) is 16.5. The predicted molar refractivity (Wildman–Crippen MR) is 132 cm³/mol. The smallest absolute Gasteiger partial charge is 0.322 e. The van der Waals surface area contributed by atoms with Crippen LogP contribution in [0.4, 0.5) is 19.3 Å². The maximum Gasteiger partial charge on any atom is 0.322 e. The van der Waals surface area contributed by atoms with Crippen molar-refractivity contribution in [3.63, 3.8) is 0 Å². The van der Waals surface area contributed by atoms with Crippen LogP contribution in [0.1, 0.15) is 37.0 Å². The van der Waals surface area contributed by atoms with E-state index < -0.39 is 28.2 Å². The van der Waals surface area contributed by atoms with Gasteiger partial charge in [0.2, 0.25) is 5.91 Å². The molecule has 0 fully saturated rings. The maximum absolute atomic E-state index is 14.0. The summed E-state index contributed by atoms with van der Waals surface area (Å²) < 4.78 is 41.7. The molecule has 10 heteroatoms. The monoisotopic (exact) mass is 502 g/mol. The van der Waals surface area contributed by atoms with Crippen molar-refractivity contribution in [2.75, 3.05) is 24.7 Å². The zero-order valence-corrected chi connectivity index (χ0v) is 20.7. The van der Waals surface area contributed by atoms with Crippen molar-refractivity contribution in [2.45, 2.75) is 38.9 Å². The van der Waals surface area contributed by atoms with Gasteiger partial charge in [-0.25, -0.2) is 22.5 Å². The highest BCUT2D eigenvalue weighted by molar-refractivity contribution is 7.82. The summed E-state index contributed by atoms with van der Waals surface area (Å²) in [5.74, 6) is -1.39. The Bertz CT molecular complexity index is 1210. The first-order valence-corrected chi connectivity index (χ1v) is 12.8. The second-order valence-electron chi connectivity index (χ2n) is 9.30. The van der Waals surface area contributed by atoms with Crippen LogP contribution in [0.15, 0.2) is 42.5 Å². The van der Waals surface area contributed by atoms with E-state index in [1.165, 1.54) is 17.2 Å². The molecule has 2 N–H and O–H groups in total. The van der Waals surface area contributed by atoms with Crippen molar-refractivity contribution in [1.82, 2.24) is 14.5 Å². The summed E-state index contributed by atoms with van der Waals surface area (Å²) in [5.41, 5.74) is 2.59. The van der Waals surface area contributed by atoms with Crippen molar-refractivity contribution in [2.24, 2.45) is 0 Å². The molecule has 0 saturated heterocycles. The first-order chi connectivity index (χ1) is 16.5. The minimum atomic E-state index is -1.29. The van der Waals surface area contributed by atoms with Gasteiger partial charge in [0, 0.05) is 43.2 Å². The third-order valence-corrected chi connectivity index (χ3v) is 6.98. The van der Waals surface area contributed by atoms with Crippen LogP contribution in [0.25, 0.3) is 5.57 Å². The van der Waals surface area contributed by atoms with E-state index in [0.717, 1.165) is 17.2 Å². The van der Waals surface area contributed by atoms with Gasteiger partial charge in [-0.1, -0.05) is 18.2 Å². The second kappa shape index (κ2) is 9.87. The molecule has 2 aliphatic rings. The second-order valence-corrected chi connectivity index (χ2v) is 10.4. The number of amides is 3. The fourth-order valence-corrected chi connectivity index (χ4v) is 5.26. The minimum absolute atomic E-state index is 0.0912. The van der Waals surface area contributed by atoms with Gasteiger partial charge in [-0.15, -0.1) is 0 Å². The van der Waals surface area contributed by atoms with E-state index in [4.69, 9.17) is 0 Å². The third-order valence-electron chi connectivity index (χ3n) is 6.19. The summed E-state index contributed by atoms with van der Waals surface area (Å²) in [7, 11) is -1.29. The Morgan fingerprint density at radius 2 is 1.77 bits per heavy atom. The lowest BCUT2D eigenvalue weighted by Gasteiger charge is -2.34. The number of hydrogen-bond acceptors (Lipinski definition) is 3. The molecule has 2 aromatic rings. The molecule has 0 aliphatic carbocycles. The molecule has 186 valence electrons. The van der Waals surface area contributed by atoms with Crippen LogP contribution in [0.2, 0.25) is 0 Å². The SMILES string of the molecule is CS(=O)NC(C)(C)C(=O)N1CC=C(c2ccc(NC(=O)N3Cc4cc(F)cc(F)c4C3)cc2)CC1. The van der Waals surface area contributed by atoms with Gasteiger partial charge in [-0.2, -0.15) is 0 Å². The quantitative estimate of drug-likeness (QED) is 0.653. The third kappa shape index (κ3) is 5.59. The van der Waals surface area contributed by atoms with Gasteiger partial charge in [0.05, 0.1) is 17.5 Å². The fraction of sp³-hybridized carbons (Fsp3) is 0.360. The van der Waals surface area contributed by atoms with Gasteiger partial charge < -0.3 is 15.1 Å². The van der Waals surface area contributed by atoms with Crippen LogP contribution in [0.5, 0.6) is 0 Å². The largest absolute Gasteiger partial charge is 0.337 e. The van der Waals surface area contributed by atoms with Crippen molar-refractivity contribution in [3.05, 3.63) is 70.8 Å². The number of carbonyl (C=O) groups is 2. The maximum atomic E-state index is 14.0. The molecule has 0 radical (unpaired) electrons. The molecule has 2 heterocycles. The highest BCUT2D eigenvalue weighted by Gasteiger charge is 2.33. The van der Waals surface area contributed by atoms with Crippen molar-refractivity contribution < 1.29 is 22.6 Å². The molecular formula is C25H28F2N4O3S.